The molecule has 0 unspecified atom stereocenters. The molecule has 4 heteroatoms. The van der Waals surface area contributed by atoms with E-state index in [-0.39, 0.29) is 11.0 Å². The summed E-state index contributed by atoms with van der Waals surface area (Å²) >= 11 is 0. The van der Waals surface area contributed by atoms with Crippen LogP contribution in [0.4, 0.5) is 0 Å². The molecule has 66 valence electrons. The predicted octanol–water partition coefficient (Wildman–Crippen LogP) is 0.478. The summed E-state index contributed by atoms with van der Waals surface area (Å²) in [5, 5.41) is 0. The van der Waals surface area contributed by atoms with E-state index in [1.807, 2.05) is 0 Å². The maximum atomic E-state index is 11.1. The highest BCUT2D eigenvalue weighted by atomic mass is 16.5. The Bertz CT molecular complexity index is 321. The van der Waals surface area contributed by atoms with Gasteiger partial charge >= 0.3 is 0 Å². The summed E-state index contributed by atoms with van der Waals surface area (Å²) in [6.07, 6.45) is 1.41. The Balaban J connectivity index is 2.13. The lowest BCUT2D eigenvalue weighted by Gasteiger charge is -2.37. The van der Waals surface area contributed by atoms with Gasteiger partial charge in [0.25, 0.3) is 5.56 Å². The molecule has 1 aliphatic heterocycles. The van der Waals surface area contributed by atoms with Crippen molar-refractivity contribution >= 4 is 0 Å². The first-order valence-corrected chi connectivity index (χ1v) is 3.92. The van der Waals surface area contributed by atoms with Crippen molar-refractivity contribution in [1.29, 1.82) is 0 Å². The molecular weight excluding hydrogens is 158 g/mol. The molecule has 0 amide bonds. The van der Waals surface area contributed by atoms with Crippen LogP contribution in [-0.4, -0.2) is 18.0 Å². The smallest absolute Gasteiger partial charge is 0.282 e. The third kappa shape index (κ3) is 1.18. The number of hydrogen-bond acceptors (Lipinski definition) is 3. The van der Waals surface area contributed by atoms with E-state index in [9.17, 15) is 4.79 Å². The minimum absolute atomic E-state index is 0.0804. The summed E-state index contributed by atoms with van der Waals surface area (Å²) < 4.78 is 11.4. The molecular formula is C8H11NO3. The van der Waals surface area contributed by atoms with Gasteiger partial charge in [-0.05, 0) is 0 Å². The first kappa shape index (κ1) is 7.61. The van der Waals surface area contributed by atoms with E-state index in [0.717, 1.165) is 0 Å². The van der Waals surface area contributed by atoms with Crippen LogP contribution in [-0.2, 0) is 11.3 Å². The number of ether oxygens (including phenoxy) is 1. The van der Waals surface area contributed by atoms with Crippen LogP contribution >= 0.6 is 0 Å². The molecule has 2 heterocycles. The zero-order valence-corrected chi connectivity index (χ0v) is 6.95. The molecule has 4 nitrogen and oxygen atoms in total. The average molecular weight is 169 g/mol. The van der Waals surface area contributed by atoms with Crippen molar-refractivity contribution in [2.45, 2.75) is 13.5 Å². The first-order chi connectivity index (χ1) is 5.70. The molecule has 0 aliphatic carbocycles. The molecule has 1 aromatic rings. The molecule has 1 fully saturated rings. The first-order valence-electron chi connectivity index (χ1n) is 3.92. The van der Waals surface area contributed by atoms with E-state index in [1.54, 1.807) is 0 Å². The SMILES string of the molecule is CC1(Cn2occc2=O)COC1. The van der Waals surface area contributed by atoms with Gasteiger partial charge < -0.3 is 9.26 Å². The zero-order valence-electron chi connectivity index (χ0n) is 6.95. The second-order valence-corrected chi connectivity index (χ2v) is 3.59. The maximum absolute atomic E-state index is 11.1. The lowest BCUT2D eigenvalue weighted by molar-refractivity contribution is -0.119. The van der Waals surface area contributed by atoms with Crippen LogP contribution in [0.15, 0.2) is 21.6 Å². The van der Waals surface area contributed by atoms with Crippen LogP contribution in [0, 0.1) is 5.41 Å². The highest BCUT2D eigenvalue weighted by molar-refractivity contribution is 4.83. The molecule has 0 aromatic carbocycles. The van der Waals surface area contributed by atoms with Gasteiger partial charge in [-0.15, -0.1) is 0 Å². The maximum Gasteiger partial charge on any atom is 0.282 e. The van der Waals surface area contributed by atoms with Crippen LogP contribution in [0.25, 0.3) is 0 Å². The molecule has 0 saturated carbocycles. The van der Waals surface area contributed by atoms with Gasteiger partial charge in [0.15, 0.2) is 0 Å². The Labute approximate surface area is 69.7 Å². The summed E-state index contributed by atoms with van der Waals surface area (Å²) in [5.74, 6) is 0. The van der Waals surface area contributed by atoms with E-state index < -0.39 is 0 Å². The fourth-order valence-electron chi connectivity index (χ4n) is 1.30. The monoisotopic (exact) mass is 169 g/mol. The molecule has 12 heavy (non-hydrogen) atoms. The van der Waals surface area contributed by atoms with Crippen molar-refractivity contribution in [2.24, 2.45) is 5.41 Å². The van der Waals surface area contributed by atoms with Crippen molar-refractivity contribution < 1.29 is 9.26 Å². The van der Waals surface area contributed by atoms with Gasteiger partial charge in [-0.3, -0.25) is 4.79 Å². The zero-order chi connectivity index (χ0) is 8.60. The quantitative estimate of drug-likeness (QED) is 0.646. The Morgan fingerprint density at radius 1 is 1.67 bits per heavy atom. The van der Waals surface area contributed by atoms with Crippen LogP contribution in [0.3, 0.4) is 0 Å². The molecule has 0 spiro atoms. The molecule has 1 aliphatic rings. The van der Waals surface area contributed by atoms with E-state index in [0.29, 0.717) is 19.8 Å². The van der Waals surface area contributed by atoms with Gasteiger partial charge in [-0.1, -0.05) is 6.92 Å². The second-order valence-electron chi connectivity index (χ2n) is 3.59. The Morgan fingerprint density at radius 3 is 2.83 bits per heavy atom. The largest absolute Gasteiger partial charge is 0.384 e. The summed E-state index contributed by atoms with van der Waals surface area (Å²) in [4.78, 5) is 11.1. The minimum Gasteiger partial charge on any atom is -0.384 e. The fraction of sp³-hybridized carbons (Fsp3) is 0.625. The minimum atomic E-state index is -0.0804. The highest BCUT2D eigenvalue weighted by Gasteiger charge is 2.34. The van der Waals surface area contributed by atoms with Crippen LogP contribution in [0.1, 0.15) is 6.92 Å². The van der Waals surface area contributed by atoms with E-state index in [4.69, 9.17) is 9.26 Å². The third-order valence-electron chi connectivity index (χ3n) is 2.07. The summed E-state index contributed by atoms with van der Waals surface area (Å²) in [7, 11) is 0. The van der Waals surface area contributed by atoms with Gasteiger partial charge in [0, 0.05) is 11.5 Å². The number of rotatable bonds is 2. The Morgan fingerprint density at radius 2 is 2.42 bits per heavy atom. The van der Waals surface area contributed by atoms with Crippen molar-refractivity contribution in [3.8, 4) is 0 Å². The van der Waals surface area contributed by atoms with E-state index >= 15 is 0 Å². The van der Waals surface area contributed by atoms with Gasteiger partial charge in [-0.25, -0.2) is 0 Å². The lowest BCUT2D eigenvalue weighted by atomic mass is 9.89. The average Bonchev–Trinajstić information content (AvgIpc) is 2.34. The molecule has 0 N–H and O–H groups in total. The van der Waals surface area contributed by atoms with Gasteiger partial charge in [0.2, 0.25) is 0 Å². The van der Waals surface area contributed by atoms with Gasteiger partial charge in [-0.2, -0.15) is 4.74 Å². The third-order valence-corrected chi connectivity index (χ3v) is 2.07. The lowest BCUT2D eigenvalue weighted by Crippen LogP contribution is -2.44. The Hall–Kier alpha value is -1.03. The summed E-state index contributed by atoms with van der Waals surface area (Å²) in [6.45, 7) is 4.10. The van der Waals surface area contributed by atoms with Crippen LogP contribution in [0.5, 0.6) is 0 Å². The van der Waals surface area contributed by atoms with Gasteiger partial charge in [0.05, 0.1) is 19.8 Å². The molecule has 1 aromatic heterocycles. The van der Waals surface area contributed by atoms with Crippen molar-refractivity contribution in [2.75, 3.05) is 13.2 Å². The van der Waals surface area contributed by atoms with Crippen molar-refractivity contribution in [3.63, 3.8) is 0 Å². The Kier molecular flexibility index (Phi) is 1.58. The summed E-state index contributed by atoms with van der Waals surface area (Å²) in [6, 6.07) is 1.42. The second kappa shape index (κ2) is 2.48. The highest BCUT2D eigenvalue weighted by Crippen LogP contribution is 2.27. The van der Waals surface area contributed by atoms with Crippen molar-refractivity contribution in [1.82, 2.24) is 4.74 Å². The molecule has 2 rings (SSSR count). The number of aromatic nitrogens is 1. The standard InChI is InChI=1S/C8H11NO3/c1-8(5-11-6-8)4-9-7(10)2-3-12-9/h2-3H,4-6H2,1H3. The summed E-state index contributed by atoms with van der Waals surface area (Å²) in [5.41, 5.74) is 0.00456. The van der Waals surface area contributed by atoms with Gasteiger partial charge in [0.1, 0.15) is 6.26 Å². The van der Waals surface area contributed by atoms with E-state index in [2.05, 4.69) is 6.92 Å². The van der Waals surface area contributed by atoms with E-state index in [1.165, 1.54) is 17.1 Å². The molecule has 0 atom stereocenters. The number of nitrogens with zero attached hydrogens (tertiary/aromatic N) is 1. The number of hydrogen-bond donors (Lipinski definition) is 0. The van der Waals surface area contributed by atoms with Crippen LogP contribution in [0.2, 0.25) is 0 Å². The topological polar surface area (TPSA) is 44.4 Å². The normalized spacial score (nSPS) is 20.4. The predicted molar refractivity (Wildman–Crippen MR) is 41.9 cm³/mol. The fourth-order valence-corrected chi connectivity index (χ4v) is 1.30. The molecule has 0 bridgehead atoms. The molecule has 1 saturated heterocycles. The van der Waals surface area contributed by atoms with Crippen LogP contribution < -0.4 is 5.56 Å². The molecule has 0 radical (unpaired) electrons. The van der Waals surface area contributed by atoms with Crippen molar-refractivity contribution in [3.05, 3.63) is 22.7 Å².